The van der Waals surface area contributed by atoms with Gasteiger partial charge >= 0.3 is 5.97 Å². The number of ether oxygens (including phenoxy) is 1. The molecular weight excluding hydrogens is 180 g/mol. The molecule has 0 radical (unpaired) electrons. The first-order valence-electron chi connectivity index (χ1n) is 5.38. The highest BCUT2D eigenvalue weighted by molar-refractivity contribution is 5.70. The first kappa shape index (κ1) is 11.2. The number of hydrogen-bond acceptors (Lipinski definition) is 3. The van der Waals surface area contributed by atoms with Crippen LogP contribution in [0, 0.1) is 11.8 Å². The Morgan fingerprint density at radius 2 is 2.29 bits per heavy atom. The SMILES string of the molecule is CCOC(=O)CCC(C=O)C1CCC1. The zero-order valence-corrected chi connectivity index (χ0v) is 8.70. The van der Waals surface area contributed by atoms with E-state index in [-0.39, 0.29) is 11.9 Å². The summed E-state index contributed by atoms with van der Waals surface area (Å²) in [5.74, 6) is 0.425. The molecule has 80 valence electrons. The van der Waals surface area contributed by atoms with Crippen molar-refractivity contribution >= 4 is 12.3 Å². The monoisotopic (exact) mass is 198 g/mol. The van der Waals surface area contributed by atoms with Gasteiger partial charge in [-0.05, 0) is 32.1 Å². The van der Waals surface area contributed by atoms with E-state index in [1.54, 1.807) is 6.92 Å². The summed E-state index contributed by atoms with van der Waals surface area (Å²) in [5.41, 5.74) is 0. The zero-order valence-electron chi connectivity index (χ0n) is 8.70. The second-order valence-corrected chi connectivity index (χ2v) is 3.83. The summed E-state index contributed by atoms with van der Waals surface area (Å²) in [7, 11) is 0. The minimum Gasteiger partial charge on any atom is -0.466 e. The fourth-order valence-electron chi connectivity index (χ4n) is 1.80. The quantitative estimate of drug-likeness (QED) is 0.484. The Morgan fingerprint density at radius 1 is 1.57 bits per heavy atom. The molecule has 0 aromatic rings. The normalized spacial score (nSPS) is 18.4. The number of carbonyl (C=O) groups excluding carboxylic acids is 2. The first-order valence-corrected chi connectivity index (χ1v) is 5.38. The third-order valence-corrected chi connectivity index (χ3v) is 2.92. The molecule has 0 amide bonds. The number of carbonyl (C=O) groups is 2. The number of aldehydes is 1. The van der Waals surface area contributed by atoms with E-state index < -0.39 is 0 Å². The predicted octanol–water partition coefficient (Wildman–Crippen LogP) is 1.94. The van der Waals surface area contributed by atoms with E-state index in [4.69, 9.17) is 4.74 Å². The molecule has 1 rings (SSSR count). The van der Waals surface area contributed by atoms with Crippen molar-refractivity contribution in [3.8, 4) is 0 Å². The van der Waals surface area contributed by atoms with Crippen molar-refractivity contribution < 1.29 is 14.3 Å². The molecule has 0 N–H and O–H groups in total. The Balaban J connectivity index is 2.19. The fourth-order valence-corrected chi connectivity index (χ4v) is 1.80. The van der Waals surface area contributed by atoms with E-state index in [0.717, 1.165) is 19.1 Å². The molecule has 0 aromatic carbocycles. The summed E-state index contributed by atoms with van der Waals surface area (Å²) in [6.45, 7) is 2.22. The zero-order chi connectivity index (χ0) is 10.4. The average Bonchev–Trinajstić information content (AvgIpc) is 2.09. The highest BCUT2D eigenvalue weighted by Crippen LogP contribution is 2.34. The average molecular weight is 198 g/mol. The predicted molar refractivity (Wildman–Crippen MR) is 52.8 cm³/mol. The van der Waals surface area contributed by atoms with Gasteiger partial charge in [0.1, 0.15) is 6.29 Å². The Kier molecular flexibility index (Phi) is 4.63. The summed E-state index contributed by atoms with van der Waals surface area (Å²) in [5, 5.41) is 0. The minimum absolute atomic E-state index is 0.0770. The third kappa shape index (κ3) is 3.13. The lowest BCUT2D eigenvalue weighted by Gasteiger charge is -2.30. The van der Waals surface area contributed by atoms with Crippen LogP contribution in [0.4, 0.5) is 0 Å². The maximum absolute atomic E-state index is 11.1. The molecule has 0 saturated heterocycles. The van der Waals surface area contributed by atoms with Crippen molar-refractivity contribution in [2.45, 2.75) is 39.0 Å². The Bertz CT molecular complexity index is 197. The van der Waals surface area contributed by atoms with Crippen molar-refractivity contribution in [1.82, 2.24) is 0 Å². The lowest BCUT2D eigenvalue weighted by atomic mass is 9.75. The molecular formula is C11H18O3. The molecule has 1 atom stereocenters. The van der Waals surface area contributed by atoms with Crippen LogP contribution in [-0.2, 0) is 14.3 Å². The van der Waals surface area contributed by atoms with E-state index in [0.29, 0.717) is 25.4 Å². The minimum atomic E-state index is -0.182. The highest BCUT2D eigenvalue weighted by Gasteiger charge is 2.27. The van der Waals surface area contributed by atoms with Gasteiger partial charge < -0.3 is 9.53 Å². The standard InChI is InChI=1S/C11H18O3/c1-2-14-11(13)7-6-10(8-12)9-4-3-5-9/h8-10H,2-7H2,1H3. The van der Waals surface area contributed by atoms with Crippen molar-refractivity contribution in [3.63, 3.8) is 0 Å². The Labute approximate surface area is 84.8 Å². The van der Waals surface area contributed by atoms with E-state index in [1.165, 1.54) is 6.42 Å². The summed E-state index contributed by atoms with van der Waals surface area (Å²) < 4.78 is 4.81. The molecule has 0 spiro atoms. The summed E-state index contributed by atoms with van der Waals surface area (Å²) in [6, 6.07) is 0. The molecule has 1 aliphatic carbocycles. The molecule has 0 aliphatic heterocycles. The Morgan fingerprint density at radius 3 is 2.71 bits per heavy atom. The maximum Gasteiger partial charge on any atom is 0.305 e. The van der Waals surface area contributed by atoms with E-state index in [9.17, 15) is 9.59 Å². The van der Waals surface area contributed by atoms with Gasteiger partial charge in [-0.25, -0.2) is 0 Å². The van der Waals surface area contributed by atoms with Crippen LogP contribution in [-0.4, -0.2) is 18.9 Å². The number of esters is 1. The lowest BCUT2D eigenvalue weighted by molar-refractivity contribution is -0.143. The van der Waals surface area contributed by atoms with Crippen molar-refractivity contribution in [3.05, 3.63) is 0 Å². The molecule has 3 nitrogen and oxygen atoms in total. The molecule has 3 heteroatoms. The molecule has 1 fully saturated rings. The van der Waals surface area contributed by atoms with E-state index in [1.807, 2.05) is 0 Å². The van der Waals surface area contributed by atoms with Gasteiger partial charge in [0.05, 0.1) is 6.61 Å². The second kappa shape index (κ2) is 5.78. The van der Waals surface area contributed by atoms with Crippen molar-refractivity contribution in [2.24, 2.45) is 11.8 Å². The van der Waals surface area contributed by atoms with Crippen LogP contribution < -0.4 is 0 Å². The third-order valence-electron chi connectivity index (χ3n) is 2.92. The van der Waals surface area contributed by atoms with Crippen LogP contribution in [0.15, 0.2) is 0 Å². The van der Waals surface area contributed by atoms with Gasteiger partial charge in [0.15, 0.2) is 0 Å². The fraction of sp³-hybridized carbons (Fsp3) is 0.818. The summed E-state index contributed by atoms with van der Waals surface area (Å²) in [6.07, 6.45) is 5.57. The van der Waals surface area contributed by atoms with E-state index in [2.05, 4.69) is 0 Å². The van der Waals surface area contributed by atoms with Crippen LogP contribution in [0.25, 0.3) is 0 Å². The highest BCUT2D eigenvalue weighted by atomic mass is 16.5. The smallest absolute Gasteiger partial charge is 0.305 e. The van der Waals surface area contributed by atoms with Gasteiger partial charge in [-0.2, -0.15) is 0 Å². The van der Waals surface area contributed by atoms with Gasteiger partial charge in [0.25, 0.3) is 0 Å². The molecule has 1 saturated carbocycles. The van der Waals surface area contributed by atoms with Gasteiger partial charge in [-0.1, -0.05) is 6.42 Å². The van der Waals surface area contributed by atoms with Crippen molar-refractivity contribution in [2.75, 3.05) is 6.61 Å². The largest absolute Gasteiger partial charge is 0.466 e. The summed E-state index contributed by atoms with van der Waals surface area (Å²) >= 11 is 0. The van der Waals surface area contributed by atoms with Crippen LogP contribution >= 0.6 is 0 Å². The Hall–Kier alpha value is -0.860. The molecule has 1 unspecified atom stereocenters. The molecule has 1 aliphatic rings. The van der Waals surface area contributed by atoms with Gasteiger partial charge in [0, 0.05) is 12.3 Å². The van der Waals surface area contributed by atoms with Crippen molar-refractivity contribution in [1.29, 1.82) is 0 Å². The van der Waals surface area contributed by atoms with Crippen LogP contribution in [0.2, 0.25) is 0 Å². The first-order chi connectivity index (χ1) is 6.77. The molecule has 0 aromatic heterocycles. The molecule has 0 heterocycles. The number of hydrogen-bond donors (Lipinski definition) is 0. The van der Waals surface area contributed by atoms with Crippen LogP contribution in [0.3, 0.4) is 0 Å². The summed E-state index contributed by atoms with van der Waals surface area (Å²) in [4.78, 5) is 21.8. The van der Waals surface area contributed by atoms with Gasteiger partial charge in [0.2, 0.25) is 0 Å². The van der Waals surface area contributed by atoms with Gasteiger partial charge in [-0.3, -0.25) is 4.79 Å². The van der Waals surface area contributed by atoms with Crippen LogP contribution in [0.1, 0.15) is 39.0 Å². The van der Waals surface area contributed by atoms with E-state index >= 15 is 0 Å². The maximum atomic E-state index is 11.1. The lowest BCUT2D eigenvalue weighted by Crippen LogP contribution is -2.24. The molecule has 14 heavy (non-hydrogen) atoms. The topological polar surface area (TPSA) is 43.4 Å². The molecule has 0 bridgehead atoms. The van der Waals surface area contributed by atoms with Gasteiger partial charge in [-0.15, -0.1) is 0 Å². The van der Waals surface area contributed by atoms with Crippen LogP contribution in [0.5, 0.6) is 0 Å². The number of rotatable bonds is 6. The second-order valence-electron chi connectivity index (χ2n) is 3.83.